The molecule has 6 saturated carbocycles. The molecule has 7 aliphatic rings. The molecule has 5 N–H and O–H groups in total. The van der Waals surface area contributed by atoms with Gasteiger partial charge in [-0.05, 0) is 97.7 Å². The van der Waals surface area contributed by atoms with Gasteiger partial charge in [-0.15, -0.1) is 0 Å². The van der Waals surface area contributed by atoms with Gasteiger partial charge in [-0.1, -0.05) is 41.0 Å². The summed E-state index contributed by atoms with van der Waals surface area (Å²) < 4.78 is 0. The molecule has 5 atom stereocenters. The van der Waals surface area contributed by atoms with Gasteiger partial charge in [0.15, 0.2) is 0 Å². The van der Waals surface area contributed by atoms with Crippen molar-refractivity contribution in [3.63, 3.8) is 0 Å². The van der Waals surface area contributed by atoms with E-state index in [1.807, 2.05) is 20.8 Å². The van der Waals surface area contributed by atoms with Crippen molar-refractivity contribution in [1.29, 1.82) is 0 Å². The Kier molecular flexibility index (Phi) is 6.97. The lowest BCUT2D eigenvalue weighted by atomic mass is 9.53. The maximum atomic E-state index is 14.3. The predicted octanol–water partition coefficient (Wildman–Crippen LogP) is 2.49. The molecule has 10 heteroatoms. The average Bonchev–Trinajstić information content (AvgIpc) is 3.17. The fourth-order valence-electron chi connectivity index (χ4n) is 9.86. The molecule has 0 radical (unpaired) electrons. The molecule has 232 valence electrons. The van der Waals surface area contributed by atoms with Crippen LogP contribution in [0.5, 0.6) is 0 Å². The van der Waals surface area contributed by atoms with E-state index in [0.29, 0.717) is 24.3 Å². The van der Waals surface area contributed by atoms with Gasteiger partial charge in [-0.25, -0.2) is 4.79 Å². The average molecular weight is 584 g/mol. The fraction of sp³-hybridized carbons (Fsp3) is 0.844. The van der Waals surface area contributed by atoms with Crippen LogP contribution in [0.3, 0.4) is 0 Å². The number of rotatable bonds is 8. The van der Waals surface area contributed by atoms with Crippen LogP contribution in [0.15, 0.2) is 0 Å². The van der Waals surface area contributed by atoms with E-state index in [1.54, 1.807) is 4.90 Å². The van der Waals surface area contributed by atoms with Crippen LogP contribution in [0.2, 0.25) is 0 Å². The van der Waals surface area contributed by atoms with Crippen molar-refractivity contribution >= 4 is 29.5 Å². The summed E-state index contributed by atoms with van der Waals surface area (Å²) in [6.45, 7) is 10.4. The van der Waals surface area contributed by atoms with Crippen molar-refractivity contribution in [3.05, 3.63) is 0 Å². The second kappa shape index (κ2) is 9.94. The Bertz CT molecular complexity index is 1150. The molecule has 4 bridgehead atoms. The molecule has 1 heterocycles. The van der Waals surface area contributed by atoms with E-state index in [1.165, 1.54) is 19.3 Å². The SMILES string of the molecule is CC1(C)C2CN(C(=O)[C@@H](NC(=O)NC34CC5CC(CC(C5)C3)C4)C(C)(C)C)[C@H](C(=O)NC(C(=O)C(N)=O)C3CCC3)C21. The van der Waals surface area contributed by atoms with E-state index >= 15 is 0 Å². The summed E-state index contributed by atoms with van der Waals surface area (Å²) in [6, 6.07) is -2.90. The van der Waals surface area contributed by atoms with Gasteiger partial charge >= 0.3 is 6.03 Å². The highest BCUT2D eigenvalue weighted by Gasteiger charge is 2.70. The Hall–Kier alpha value is -2.65. The lowest BCUT2D eigenvalue weighted by Gasteiger charge is -2.56. The van der Waals surface area contributed by atoms with Gasteiger partial charge in [0, 0.05) is 12.1 Å². The molecule has 5 amide bonds. The van der Waals surface area contributed by atoms with E-state index in [2.05, 4.69) is 29.8 Å². The number of ketones is 1. The quantitative estimate of drug-likeness (QED) is 0.324. The van der Waals surface area contributed by atoms with Gasteiger partial charge in [0.05, 0.1) is 0 Å². The van der Waals surface area contributed by atoms with Gasteiger partial charge in [-0.3, -0.25) is 19.2 Å². The number of amides is 5. The lowest BCUT2D eigenvalue weighted by molar-refractivity contribution is -0.145. The van der Waals surface area contributed by atoms with E-state index in [9.17, 15) is 24.0 Å². The lowest BCUT2D eigenvalue weighted by Crippen LogP contribution is -2.65. The zero-order chi connectivity index (χ0) is 30.4. The molecule has 1 aliphatic heterocycles. The second-order valence-corrected chi connectivity index (χ2v) is 16.4. The number of Topliss-reactive ketones (excluding diaryl/α,β-unsaturated/α-hetero) is 1. The van der Waals surface area contributed by atoms with Gasteiger partial charge < -0.3 is 26.6 Å². The monoisotopic (exact) mass is 583 g/mol. The minimum absolute atomic E-state index is 0.0614. The number of urea groups is 1. The zero-order valence-corrected chi connectivity index (χ0v) is 25.8. The number of nitrogens with two attached hydrogens (primary N) is 1. The standard InChI is InChI=1S/C32H49N5O5/c1-30(2,3)25(35-29(42)36-32-12-16-9-17(13-32)11-18(10-16)14-32)28(41)37-15-20-21(31(20,4)5)23(37)27(40)34-22(19-7-6-8-19)24(38)26(33)39/h16-23,25H,6-15H2,1-5H3,(H2,33,39)(H,34,40)(H2,35,36,42)/t16?,17?,18?,20?,21?,22?,23-,25+,32?/m0/s1. The first-order chi connectivity index (χ1) is 19.6. The number of hydrogen-bond acceptors (Lipinski definition) is 5. The Morgan fingerprint density at radius 1 is 0.905 bits per heavy atom. The molecule has 6 aliphatic carbocycles. The minimum atomic E-state index is -1.06. The number of likely N-dealkylation sites (tertiary alicyclic amines) is 1. The molecular formula is C32H49N5O5. The van der Waals surface area contributed by atoms with E-state index in [0.717, 1.165) is 38.5 Å². The summed E-state index contributed by atoms with van der Waals surface area (Å²) >= 11 is 0. The highest BCUT2D eigenvalue weighted by Crippen LogP contribution is 2.65. The molecule has 3 unspecified atom stereocenters. The molecule has 0 aromatic heterocycles. The van der Waals surface area contributed by atoms with Crippen LogP contribution >= 0.6 is 0 Å². The van der Waals surface area contributed by atoms with Crippen LogP contribution in [0, 0.1) is 46.3 Å². The molecule has 1 saturated heterocycles. The molecule has 7 rings (SSSR count). The van der Waals surface area contributed by atoms with Crippen molar-refractivity contribution in [1.82, 2.24) is 20.9 Å². The van der Waals surface area contributed by atoms with Crippen molar-refractivity contribution in [2.24, 2.45) is 52.1 Å². The highest BCUT2D eigenvalue weighted by molar-refractivity contribution is 6.38. The summed E-state index contributed by atoms with van der Waals surface area (Å²) in [4.78, 5) is 67.7. The van der Waals surface area contributed by atoms with E-state index < -0.39 is 41.1 Å². The third-order valence-electron chi connectivity index (χ3n) is 12.0. The molecule has 0 aromatic carbocycles. The van der Waals surface area contributed by atoms with Gasteiger partial charge in [0.25, 0.3) is 5.91 Å². The van der Waals surface area contributed by atoms with Gasteiger partial charge in [0.1, 0.15) is 18.1 Å². The molecule has 10 nitrogen and oxygen atoms in total. The molecule has 7 fully saturated rings. The summed E-state index contributed by atoms with van der Waals surface area (Å²) in [5.74, 6) is -0.543. The van der Waals surface area contributed by atoms with Gasteiger partial charge in [-0.2, -0.15) is 0 Å². The maximum absolute atomic E-state index is 14.3. The normalized spacial score (nSPS) is 37.2. The number of nitrogens with zero attached hydrogens (tertiary/aromatic N) is 1. The third-order valence-corrected chi connectivity index (χ3v) is 12.0. The van der Waals surface area contributed by atoms with E-state index in [-0.39, 0.29) is 40.6 Å². The van der Waals surface area contributed by atoms with Crippen LogP contribution in [0.4, 0.5) is 4.79 Å². The first-order valence-electron chi connectivity index (χ1n) is 16.1. The van der Waals surface area contributed by atoms with Gasteiger partial charge in [0.2, 0.25) is 17.6 Å². The highest BCUT2D eigenvalue weighted by atomic mass is 16.2. The van der Waals surface area contributed by atoms with Crippen molar-refractivity contribution < 1.29 is 24.0 Å². The van der Waals surface area contributed by atoms with Crippen LogP contribution in [-0.4, -0.2) is 64.6 Å². The first-order valence-corrected chi connectivity index (χ1v) is 16.1. The number of carbonyl (C=O) groups excluding carboxylic acids is 5. The van der Waals surface area contributed by atoms with Crippen LogP contribution < -0.4 is 21.7 Å². The summed E-state index contributed by atoms with van der Waals surface area (Å²) in [7, 11) is 0. The second-order valence-electron chi connectivity index (χ2n) is 16.4. The van der Waals surface area contributed by atoms with Crippen LogP contribution in [0.25, 0.3) is 0 Å². The number of hydrogen-bond donors (Lipinski definition) is 4. The fourth-order valence-corrected chi connectivity index (χ4v) is 9.86. The van der Waals surface area contributed by atoms with Crippen LogP contribution in [-0.2, 0) is 19.2 Å². The summed E-state index contributed by atoms with van der Waals surface area (Å²) in [6.07, 6.45) is 9.27. The Morgan fingerprint density at radius 3 is 1.95 bits per heavy atom. The summed E-state index contributed by atoms with van der Waals surface area (Å²) in [5.41, 5.74) is 4.42. The minimum Gasteiger partial charge on any atom is -0.363 e. The topological polar surface area (TPSA) is 151 Å². The number of piperidine rings is 1. The van der Waals surface area contributed by atoms with Crippen molar-refractivity contribution in [2.45, 2.75) is 116 Å². The summed E-state index contributed by atoms with van der Waals surface area (Å²) in [5, 5.41) is 9.21. The molecular weight excluding hydrogens is 534 g/mol. The number of fused-ring (bicyclic) bond motifs is 1. The van der Waals surface area contributed by atoms with Crippen molar-refractivity contribution in [2.75, 3.05) is 6.54 Å². The predicted molar refractivity (Wildman–Crippen MR) is 156 cm³/mol. The van der Waals surface area contributed by atoms with Crippen molar-refractivity contribution in [3.8, 4) is 0 Å². The third kappa shape index (κ3) is 5.00. The number of primary amides is 1. The Morgan fingerprint density at radius 2 is 1.48 bits per heavy atom. The molecule has 42 heavy (non-hydrogen) atoms. The Balaban J connectivity index is 1.19. The Labute approximate surface area is 249 Å². The number of carbonyl (C=O) groups is 5. The number of nitrogens with one attached hydrogen (secondary N) is 3. The molecule has 0 spiro atoms. The van der Waals surface area contributed by atoms with Crippen LogP contribution in [0.1, 0.15) is 92.4 Å². The largest absolute Gasteiger partial charge is 0.363 e. The zero-order valence-electron chi connectivity index (χ0n) is 25.8. The maximum Gasteiger partial charge on any atom is 0.315 e. The van der Waals surface area contributed by atoms with E-state index in [4.69, 9.17) is 5.73 Å². The molecule has 0 aromatic rings. The first kappa shape index (κ1) is 29.4. The smallest absolute Gasteiger partial charge is 0.315 e.